The van der Waals surface area contributed by atoms with E-state index in [2.05, 4.69) is 252 Å². The molecule has 0 saturated carbocycles. The van der Waals surface area contributed by atoms with Crippen molar-refractivity contribution in [2.45, 2.75) is 12.8 Å². The van der Waals surface area contributed by atoms with Crippen LogP contribution in [0.1, 0.15) is 24.0 Å². The normalized spacial score (nSPS) is 13.1. The molecule has 2 nitrogen and oxygen atoms in total. The van der Waals surface area contributed by atoms with Crippen LogP contribution < -0.4 is 0 Å². The lowest BCUT2D eigenvalue weighted by atomic mass is 9.87. The van der Waals surface area contributed by atoms with Gasteiger partial charge in [-0.3, -0.25) is 0 Å². The fourth-order valence-corrected chi connectivity index (χ4v) is 11.4. The minimum Gasteiger partial charge on any atom is -0.309 e. The number of benzene rings is 11. The summed E-state index contributed by atoms with van der Waals surface area (Å²) >= 11 is 0. The molecule has 0 radical (unpaired) electrons. The largest absolute Gasteiger partial charge is 0.309 e. The third-order valence-electron chi connectivity index (χ3n) is 14.5. The maximum atomic E-state index is 2.45. The van der Waals surface area contributed by atoms with E-state index >= 15 is 0 Å². The number of fused-ring (bicyclic) bond motifs is 12. The quantitative estimate of drug-likeness (QED) is 0.147. The van der Waals surface area contributed by atoms with Gasteiger partial charge >= 0.3 is 0 Å². The summed E-state index contributed by atoms with van der Waals surface area (Å²) in [5.74, 6) is 0. The lowest BCUT2D eigenvalue weighted by molar-refractivity contribution is 1.06. The van der Waals surface area contributed by atoms with Crippen molar-refractivity contribution in [1.82, 2.24) is 9.13 Å². The number of hydrogen-bond donors (Lipinski definition) is 0. The number of para-hydroxylation sites is 4. The molecule has 0 unspecified atom stereocenters. The van der Waals surface area contributed by atoms with Gasteiger partial charge in [0.2, 0.25) is 0 Å². The Hall–Kier alpha value is -8.72. The Morgan fingerprint density at radius 1 is 0.265 bits per heavy atom. The van der Waals surface area contributed by atoms with Crippen LogP contribution in [-0.2, 0) is 0 Å². The SMILES string of the molecule is C1=C(c2cccc(-n3c4ccccc4c4ccccc43)c2)C=C(c2ccc3c4ccc(-c5cccc(-c6cccc(-n7c8ccccc8c8ccccc87)c6)c5)cc4c4ccccc4c3c2)CC1. The molecular weight excluding hydrogens is 821 g/mol. The molecular formula is C66H44N2. The molecule has 2 heterocycles. The number of aromatic nitrogens is 2. The summed E-state index contributed by atoms with van der Waals surface area (Å²) < 4.78 is 4.81. The first-order valence-corrected chi connectivity index (χ1v) is 23.8. The third kappa shape index (κ3) is 6.11. The Kier molecular flexibility index (Phi) is 8.75. The Morgan fingerprint density at radius 2 is 0.647 bits per heavy atom. The molecule has 0 spiro atoms. The van der Waals surface area contributed by atoms with Crippen LogP contribution in [0.5, 0.6) is 0 Å². The van der Waals surface area contributed by atoms with Gasteiger partial charge in [0, 0.05) is 32.9 Å². The van der Waals surface area contributed by atoms with Crippen LogP contribution in [0.3, 0.4) is 0 Å². The summed E-state index contributed by atoms with van der Waals surface area (Å²) in [5, 5.41) is 12.8. The standard InChI is InChI=1S/C66H44N2/c1-2-24-54-53(23-1)61-41-49(45-17-11-15-43(37-45)47-19-13-21-51(39-47)67-63-29-7-3-25-57(63)58-26-4-8-30-64(58)67)33-35-55(61)56-36-34-50(42-62(54)56)46-18-12-16-44(38-46)48-20-14-22-52(40-48)68-65-31-9-5-27-59(65)60-28-6-10-32-66(60)68/h1-11,13-17,19-42H,12,18H2. The smallest absolute Gasteiger partial charge is 0.0541 e. The molecule has 1 aliphatic carbocycles. The average Bonchev–Trinajstić information content (AvgIpc) is 3.94. The average molecular weight is 865 g/mol. The minimum atomic E-state index is 1.01. The van der Waals surface area contributed by atoms with E-state index in [1.807, 2.05) is 0 Å². The van der Waals surface area contributed by atoms with Gasteiger partial charge in [-0.1, -0.05) is 176 Å². The Labute approximate surface area is 394 Å². The van der Waals surface area contributed by atoms with E-state index in [-0.39, 0.29) is 0 Å². The van der Waals surface area contributed by atoms with E-state index in [1.54, 1.807) is 0 Å². The van der Waals surface area contributed by atoms with Crippen molar-refractivity contribution >= 4 is 87.1 Å². The lowest BCUT2D eigenvalue weighted by Gasteiger charge is -2.18. The Balaban J connectivity index is 0.816. The summed E-state index contributed by atoms with van der Waals surface area (Å²) in [6, 6.07) is 85.2. The maximum Gasteiger partial charge on any atom is 0.0541 e. The maximum absolute atomic E-state index is 2.45. The summed E-state index contributed by atoms with van der Waals surface area (Å²) in [6.07, 6.45) is 6.87. The van der Waals surface area contributed by atoms with Gasteiger partial charge in [-0.25, -0.2) is 0 Å². The fraction of sp³-hybridized carbons (Fsp3) is 0.0303. The Bertz CT molecular complexity index is 4140. The van der Waals surface area contributed by atoms with Crippen molar-refractivity contribution in [3.8, 4) is 33.6 Å². The van der Waals surface area contributed by atoms with Crippen molar-refractivity contribution in [3.05, 3.63) is 254 Å². The van der Waals surface area contributed by atoms with E-state index in [9.17, 15) is 0 Å². The number of rotatable bonds is 6. The molecule has 0 aliphatic heterocycles. The molecule has 0 amide bonds. The topological polar surface area (TPSA) is 9.86 Å². The van der Waals surface area contributed by atoms with Crippen molar-refractivity contribution in [2.75, 3.05) is 0 Å². The number of hydrogen-bond acceptors (Lipinski definition) is 0. The molecule has 1 aliphatic rings. The molecule has 0 atom stereocenters. The highest BCUT2D eigenvalue weighted by Gasteiger charge is 2.17. The first-order chi connectivity index (χ1) is 33.7. The second-order valence-corrected chi connectivity index (χ2v) is 18.4. The lowest BCUT2D eigenvalue weighted by Crippen LogP contribution is -1.97. The van der Waals surface area contributed by atoms with Gasteiger partial charge in [0.05, 0.1) is 22.1 Å². The zero-order valence-corrected chi connectivity index (χ0v) is 37.4. The molecule has 11 aromatic carbocycles. The molecule has 13 aromatic rings. The van der Waals surface area contributed by atoms with Crippen LogP contribution in [-0.4, -0.2) is 9.13 Å². The number of allylic oxidation sites excluding steroid dienone is 4. The highest BCUT2D eigenvalue weighted by atomic mass is 15.0. The predicted molar refractivity (Wildman–Crippen MR) is 290 cm³/mol. The van der Waals surface area contributed by atoms with E-state index in [4.69, 9.17) is 0 Å². The summed E-state index contributed by atoms with van der Waals surface area (Å²) in [6.45, 7) is 0. The summed E-state index contributed by atoms with van der Waals surface area (Å²) in [4.78, 5) is 0. The van der Waals surface area contributed by atoms with Gasteiger partial charge in [-0.05, 0) is 156 Å². The van der Waals surface area contributed by atoms with E-state index in [1.165, 1.54) is 126 Å². The zero-order valence-electron chi connectivity index (χ0n) is 37.4. The highest BCUT2D eigenvalue weighted by molar-refractivity contribution is 6.26. The zero-order chi connectivity index (χ0) is 44.7. The van der Waals surface area contributed by atoms with Crippen LogP contribution in [0.15, 0.2) is 243 Å². The van der Waals surface area contributed by atoms with Gasteiger partial charge in [0.25, 0.3) is 0 Å². The van der Waals surface area contributed by atoms with Crippen molar-refractivity contribution in [3.63, 3.8) is 0 Å². The van der Waals surface area contributed by atoms with Crippen molar-refractivity contribution in [1.29, 1.82) is 0 Å². The van der Waals surface area contributed by atoms with E-state index < -0.39 is 0 Å². The van der Waals surface area contributed by atoms with Crippen LogP contribution in [0.25, 0.3) is 121 Å². The first kappa shape index (κ1) is 38.5. The number of nitrogens with zero attached hydrogens (tertiary/aromatic N) is 2. The second-order valence-electron chi connectivity index (χ2n) is 18.4. The van der Waals surface area contributed by atoms with E-state index in [0.717, 1.165) is 18.5 Å². The summed E-state index contributed by atoms with van der Waals surface area (Å²) in [5.41, 5.74) is 17.3. The molecule has 68 heavy (non-hydrogen) atoms. The molecule has 318 valence electrons. The van der Waals surface area contributed by atoms with Gasteiger partial charge < -0.3 is 9.13 Å². The van der Waals surface area contributed by atoms with Gasteiger partial charge in [-0.15, -0.1) is 0 Å². The highest BCUT2D eigenvalue weighted by Crippen LogP contribution is 2.41. The second kappa shape index (κ2) is 15.4. The van der Waals surface area contributed by atoms with Crippen molar-refractivity contribution in [2.24, 2.45) is 0 Å². The van der Waals surface area contributed by atoms with Crippen LogP contribution in [0.4, 0.5) is 0 Å². The molecule has 0 N–H and O–H groups in total. The molecule has 0 saturated heterocycles. The molecule has 14 rings (SSSR count). The van der Waals surface area contributed by atoms with Crippen LogP contribution in [0.2, 0.25) is 0 Å². The molecule has 2 aromatic heterocycles. The van der Waals surface area contributed by atoms with Crippen LogP contribution in [0, 0.1) is 0 Å². The molecule has 0 bridgehead atoms. The Morgan fingerprint density at radius 3 is 1.18 bits per heavy atom. The van der Waals surface area contributed by atoms with Crippen molar-refractivity contribution < 1.29 is 0 Å². The van der Waals surface area contributed by atoms with Gasteiger partial charge in [-0.2, -0.15) is 0 Å². The minimum absolute atomic E-state index is 1.01. The van der Waals surface area contributed by atoms with E-state index in [0.29, 0.717) is 0 Å². The monoisotopic (exact) mass is 864 g/mol. The third-order valence-corrected chi connectivity index (χ3v) is 14.5. The molecule has 0 fully saturated rings. The summed E-state index contributed by atoms with van der Waals surface area (Å²) in [7, 11) is 0. The van der Waals surface area contributed by atoms with Crippen LogP contribution >= 0.6 is 0 Å². The first-order valence-electron chi connectivity index (χ1n) is 23.8. The van der Waals surface area contributed by atoms with Gasteiger partial charge in [0.1, 0.15) is 0 Å². The van der Waals surface area contributed by atoms with Gasteiger partial charge in [0.15, 0.2) is 0 Å². The fourth-order valence-electron chi connectivity index (χ4n) is 11.4. The predicted octanol–water partition coefficient (Wildman–Crippen LogP) is 17.9. The molecule has 2 heteroatoms.